The number of hydrogen-bond acceptors (Lipinski definition) is 6. The van der Waals surface area contributed by atoms with Crippen molar-refractivity contribution in [3.05, 3.63) is 101 Å². The highest BCUT2D eigenvalue weighted by atomic mass is 32.2. The first-order chi connectivity index (χ1) is 19.6. The molecule has 3 aromatic rings. The van der Waals surface area contributed by atoms with Crippen LogP contribution in [0.4, 0.5) is 0 Å². The van der Waals surface area contributed by atoms with Crippen LogP contribution in [0.15, 0.2) is 84.0 Å². The summed E-state index contributed by atoms with van der Waals surface area (Å²) in [5, 5.41) is 3.98. The van der Waals surface area contributed by atoms with Gasteiger partial charge in [0.1, 0.15) is 11.1 Å². The number of rotatable bonds is 9. The summed E-state index contributed by atoms with van der Waals surface area (Å²) in [5.74, 6) is 0.853. The van der Waals surface area contributed by atoms with Crippen LogP contribution in [0.2, 0.25) is 0 Å². The molecular formula is C31H32N4O4S. The van der Waals surface area contributed by atoms with E-state index in [9.17, 15) is 14.4 Å². The van der Waals surface area contributed by atoms with Gasteiger partial charge < -0.3 is 14.5 Å². The first-order valence-electron chi connectivity index (χ1n) is 13.5. The lowest BCUT2D eigenvalue weighted by atomic mass is 10.1. The maximum Gasteiger partial charge on any atom is 0.271 e. The van der Waals surface area contributed by atoms with E-state index < -0.39 is 0 Å². The molecule has 2 aliphatic rings. The second-order valence-corrected chi connectivity index (χ2v) is 10.9. The molecule has 40 heavy (non-hydrogen) atoms. The van der Waals surface area contributed by atoms with Crippen LogP contribution in [0.25, 0.3) is 0 Å². The predicted molar refractivity (Wildman–Crippen MR) is 156 cm³/mol. The molecule has 0 aromatic heterocycles. The third kappa shape index (κ3) is 7.09. The average molecular weight is 557 g/mol. The summed E-state index contributed by atoms with van der Waals surface area (Å²) in [6.07, 6.45) is 4.84. The van der Waals surface area contributed by atoms with E-state index in [2.05, 4.69) is 10.5 Å². The van der Waals surface area contributed by atoms with Crippen molar-refractivity contribution in [3.8, 4) is 5.75 Å². The molecule has 0 saturated carbocycles. The Bertz CT molecular complexity index is 1340. The van der Waals surface area contributed by atoms with Gasteiger partial charge in [0.05, 0.1) is 12.0 Å². The zero-order chi connectivity index (χ0) is 27.7. The first kappa shape index (κ1) is 27.5. The van der Waals surface area contributed by atoms with Crippen molar-refractivity contribution in [2.45, 2.75) is 31.2 Å². The Labute approximate surface area is 238 Å². The summed E-state index contributed by atoms with van der Waals surface area (Å²) in [6, 6.07) is 24.4. The summed E-state index contributed by atoms with van der Waals surface area (Å²) >= 11 is 1.59. The molecule has 2 fully saturated rings. The minimum absolute atomic E-state index is 0.0149. The lowest BCUT2D eigenvalue weighted by Crippen LogP contribution is -2.38. The Morgan fingerprint density at radius 2 is 1.68 bits per heavy atom. The summed E-state index contributed by atoms with van der Waals surface area (Å²) in [5.41, 5.74) is 5.88. The van der Waals surface area contributed by atoms with Crippen molar-refractivity contribution in [1.82, 2.24) is 15.2 Å². The molecule has 206 valence electrons. The summed E-state index contributed by atoms with van der Waals surface area (Å²) < 4.78 is 5.64. The van der Waals surface area contributed by atoms with Crippen LogP contribution in [-0.2, 0) is 16.1 Å². The van der Waals surface area contributed by atoms with Gasteiger partial charge in [-0.25, -0.2) is 5.43 Å². The minimum Gasteiger partial charge on any atom is -0.484 e. The van der Waals surface area contributed by atoms with Crippen molar-refractivity contribution in [2.75, 3.05) is 25.4 Å². The normalized spacial score (nSPS) is 17.3. The highest BCUT2D eigenvalue weighted by Gasteiger charge is 2.32. The number of piperidine rings is 1. The number of hydrazone groups is 1. The molecule has 2 heterocycles. The third-order valence-corrected chi connectivity index (χ3v) is 8.21. The number of carbonyl (C=O) groups is 3. The van der Waals surface area contributed by atoms with E-state index in [-0.39, 0.29) is 29.7 Å². The fourth-order valence-corrected chi connectivity index (χ4v) is 5.93. The second kappa shape index (κ2) is 13.3. The molecule has 0 radical (unpaired) electrons. The van der Waals surface area contributed by atoms with Crippen molar-refractivity contribution in [1.29, 1.82) is 0 Å². The fourth-order valence-electron chi connectivity index (χ4n) is 4.74. The van der Waals surface area contributed by atoms with E-state index in [1.54, 1.807) is 42.2 Å². The lowest BCUT2D eigenvalue weighted by molar-refractivity contribution is -0.134. The van der Waals surface area contributed by atoms with Crippen LogP contribution in [-0.4, -0.2) is 59.2 Å². The van der Waals surface area contributed by atoms with Gasteiger partial charge in [-0.15, -0.1) is 11.8 Å². The highest BCUT2D eigenvalue weighted by molar-refractivity contribution is 8.00. The largest absolute Gasteiger partial charge is 0.484 e. The van der Waals surface area contributed by atoms with E-state index in [1.165, 1.54) is 6.42 Å². The molecule has 0 unspecified atom stereocenters. The molecule has 3 amide bonds. The van der Waals surface area contributed by atoms with Crippen LogP contribution in [0.5, 0.6) is 5.75 Å². The van der Waals surface area contributed by atoms with Gasteiger partial charge in [0.2, 0.25) is 5.91 Å². The molecule has 2 saturated heterocycles. The van der Waals surface area contributed by atoms with Crippen LogP contribution in [0.3, 0.4) is 0 Å². The van der Waals surface area contributed by atoms with Gasteiger partial charge in [-0.2, -0.15) is 5.10 Å². The van der Waals surface area contributed by atoms with Gasteiger partial charge in [0.25, 0.3) is 11.8 Å². The van der Waals surface area contributed by atoms with E-state index >= 15 is 0 Å². The number of nitrogens with one attached hydrogen (secondary N) is 1. The zero-order valence-corrected chi connectivity index (χ0v) is 23.0. The Hall–Kier alpha value is -4.11. The Morgan fingerprint density at radius 3 is 2.40 bits per heavy atom. The van der Waals surface area contributed by atoms with Crippen molar-refractivity contribution in [2.24, 2.45) is 5.10 Å². The Kier molecular flexibility index (Phi) is 9.13. The van der Waals surface area contributed by atoms with Crippen LogP contribution in [0.1, 0.15) is 51.7 Å². The molecule has 3 aromatic carbocycles. The average Bonchev–Trinajstić information content (AvgIpc) is 3.37. The molecule has 9 heteroatoms. The van der Waals surface area contributed by atoms with Gasteiger partial charge >= 0.3 is 0 Å². The summed E-state index contributed by atoms with van der Waals surface area (Å²) in [7, 11) is 0. The van der Waals surface area contributed by atoms with Gasteiger partial charge in [0, 0.05) is 25.2 Å². The standard InChI is InChI=1S/C31H32N4O4S/c36-28(34-17-5-2-6-18-34)21-39-27-15-9-23(10-16-27)19-32-33-30(38)25-11-13-26(14-12-25)31-35(29(37)22-40-31)20-24-7-3-1-4-8-24/h1,3-4,7-16,19,31H,2,5-6,17-18,20-22H2,(H,33,38)/b32-19-/t31-/m1/s1. The van der Waals surface area contributed by atoms with Crippen molar-refractivity contribution >= 4 is 35.7 Å². The first-order valence-corrected chi connectivity index (χ1v) is 14.5. The van der Waals surface area contributed by atoms with Crippen molar-refractivity contribution < 1.29 is 19.1 Å². The molecule has 8 nitrogen and oxygen atoms in total. The molecule has 2 aliphatic heterocycles. The van der Waals surface area contributed by atoms with E-state index in [0.29, 0.717) is 23.6 Å². The zero-order valence-electron chi connectivity index (χ0n) is 22.2. The quantitative estimate of drug-likeness (QED) is 0.307. The summed E-state index contributed by atoms with van der Waals surface area (Å²) in [6.45, 7) is 2.20. The monoisotopic (exact) mass is 556 g/mol. The number of carbonyl (C=O) groups excluding carboxylic acids is 3. The Morgan fingerprint density at radius 1 is 0.950 bits per heavy atom. The van der Waals surface area contributed by atoms with Crippen LogP contribution >= 0.6 is 11.8 Å². The van der Waals surface area contributed by atoms with Gasteiger partial charge in [-0.3, -0.25) is 14.4 Å². The van der Waals surface area contributed by atoms with Crippen molar-refractivity contribution in [3.63, 3.8) is 0 Å². The molecule has 0 bridgehead atoms. The van der Waals surface area contributed by atoms with E-state index in [4.69, 9.17) is 4.74 Å². The van der Waals surface area contributed by atoms with Crippen LogP contribution in [0, 0.1) is 0 Å². The predicted octanol–water partition coefficient (Wildman–Crippen LogP) is 4.62. The molecule has 0 aliphatic carbocycles. The summed E-state index contributed by atoms with van der Waals surface area (Å²) in [4.78, 5) is 41.1. The molecule has 1 N–H and O–H groups in total. The molecule has 5 rings (SSSR count). The SMILES string of the molecule is O=C(N/N=C\c1ccc(OCC(=O)N2CCCCC2)cc1)c1ccc([C@H]2SCC(=O)N2Cc2ccccc2)cc1. The maximum absolute atomic E-state index is 12.6. The number of thioether (sulfide) groups is 1. The Balaban J connectivity index is 1.11. The number of likely N-dealkylation sites (tertiary alicyclic amines) is 1. The number of nitrogens with zero attached hydrogens (tertiary/aromatic N) is 3. The number of benzene rings is 3. The maximum atomic E-state index is 12.6. The second-order valence-electron chi connectivity index (χ2n) is 9.79. The highest BCUT2D eigenvalue weighted by Crippen LogP contribution is 2.39. The fraction of sp³-hybridized carbons (Fsp3) is 0.290. The topological polar surface area (TPSA) is 91.3 Å². The van der Waals surface area contributed by atoms with E-state index in [0.717, 1.165) is 42.6 Å². The van der Waals surface area contributed by atoms with Crippen LogP contribution < -0.4 is 10.2 Å². The van der Waals surface area contributed by atoms with Gasteiger partial charge in [0.15, 0.2) is 6.61 Å². The molecule has 0 spiro atoms. The minimum atomic E-state index is -0.324. The molecular weight excluding hydrogens is 524 g/mol. The lowest BCUT2D eigenvalue weighted by Gasteiger charge is -2.26. The van der Waals surface area contributed by atoms with E-state index in [1.807, 2.05) is 64.4 Å². The molecule has 1 atom stereocenters. The van der Waals surface area contributed by atoms with Gasteiger partial charge in [-0.1, -0.05) is 42.5 Å². The number of ether oxygens (including phenoxy) is 1. The smallest absolute Gasteiger partial charge is 0.271 e. The van der Waals surface area contributed by atoms with Gasteiger partial charge in [-0.05, 0) is 72.4 Å². The number of amides is 3. The third-order valence-electron chi connectivity index (χ3n) is 6.95. The number of hydrogen-bond donors (Lipinski definition) is 1.